The topological polar surface area (TPSA) is 67.9 Å². The van der Waals surface area contributed by atoms with Crippen molar-refractivity contribution in [2.24, 2.45) is 0 Å². The van der Waals surface area contributed by atoms with Crippen LogP contribution in [0.5, 0.6) is 0 Å². The van der Waals surface area contributed by atoms with Crippen molar-refractivity contribution in [2.45, 2.75) is 26.8 Å². The molecule has 3 aromatic heterocycles. The molecule has 0 amide bonds. The lowest BCUT2D eigenvalue weighted by atomic mass is 10.0. The van der Waals surface area contributed by atoms with E-state index in [9.17, 15) is 0 Å². The molecular weight excluding hydrogens is 346 g/mol. The summed E-state index contributed by atoms with van der Waals surface area (Å²) in [6, 6.07) is 8.05. The van der Waals surface area contributed by atoms with E-state index >= 15 is 0 Å². The summed E-state index contributed by atoms with van der Waals surface area (Å²) in [7, 11) is 0. The molecule has 4 heterocycles. The second-order valence-corrected chi connectivity index (χ2v) is 7.12. The van der Waals surface area contributed by atoms with Gasteiger partial charge < -0.3 is 10.6 Å². The van der Waals surface area contributed by atoms with Gasteiger partial charge in [0.1, 0.15) is 11.6 Å². The summed E-state index contributed by atoms with van der Waals surface area (Å²) in [5, 5.41) is 0.611. The normalized spacial score (nSPS) is 13.6. The third kappa shape index (κ3) is 3.10. The first kappa shape index (κ1) is 16.8. The smallest absolute Gasteiger partial charge is 0.129 e. The molecule has 1 aliphatic heterocycles. The molecule has 132 valence electrons. The first-order chi connectivity index (χ1) is 12.5. The zero-order chi connectivity index (χ0) is 18.3. The minimum Gasteiger partial charge on any atom is -0.384 e. The Hall–Kier alpha value is -2.66. The van der Waals surface area contributed by atoms with Crippen molar-refractivity contribution in [1.82, 2.24) is 15.0 Å². The zero-order valence-corrected chi connectivity index (χ0v) is 15.6. The van der Waals surface area contributed by atoms with Crippen molar-refractivity contribution in [3.05, 3.63) is 64.1 Å². The predicted octanol–water partition coefficient (Wildman–Crippen LogP) is 3.95. The van der Waals surface area contributed by atoms with Crippen LogP contribution in [-0.4, -0.2) is 21.5 Å². The number of aryl methyl sites for hydroxylation is 2. The zero-order valence-electron chi connectivity index (χ0n) is 14.8. The van der Waals surface area contributed by atoms with Crippen LogP contribution < -0.4 is 10.6 Å². The van der Waals surface area contributed by atoms with E-state index in [1.54, 1.807) is 6.20 Å². The summed E-state index contributed by atoms with van der Waals surface area (Å²) in [5.41, 5.74) is 12.1. The minimum atomic E-state index is 0.574. The Morgan fingerprint density at radius 1 is 1.12 bits per heavy atom. The molecule has 0 radical (unpaired) electrons. The van der Waals surface area contributed by atoms with Crippen LogP contribution in [0.3, 0.4) is 0 Å². The van der Waals surface area contributed by atoms with Gasteiger partial charge in [-0.25, -0.2) is 9.97 Å². The molecule has 0 atom stereocenters. The van der Waals surface area contributed by atoms with E-state index in [2.05, 4.69) is 32.8 Å². The molecule has 1 aliphatic rings. The Balaban J connectivity index is 1.69. The summed E-state index contributed by atoms with van der Waals surface area (Å²) < 4.78 is 0. The number of hydrogen-bond donors (Lipinski definition) is 1. The SMILES string of the molecule is Cc1cnc(-c2cc(N3CCc4nc(N)ccc4C3)ncc2Cl)c(C)c1. The van der Waals surface area contributed by atoms with Crippen molar-refractivity contribution in [1.29, 1.82) is 0 Å². The van der Waals surface area contributed by atoms with Gasteiger partial charge in [0.15, 0.2) is 0 Å². The Morgan fingerprint density at radius 3 is 2.77 bits per heavy atom. The summed E-state index contributed by atoms with van der Waals surface area (Å²) in [5.74, 6) is 1.47. The van der Waals surface area contributed by atoms with Crippen molar-refractivity contribution in [2.75, 3.05) is 17.2 Å². The van der Waals surface area contributed by atoms with Crippen LogP contribution in [-0.2, 0) is 13.0 Å². The number of anilines is 2. The van der Waals surface area contributed by atoms with Crippen LogP contribution in [0.4, 0.5) is 11.6 Å². The van der Waals surface area contributed by atoms with Gasteiger partial charge in [-0.3, -0.25) is 4.98 Å². The highest BCUT2D eigenvalue weighted by molar-refractivity contribution is 6.33. The lowest BCUT2D eigenvalue weighted by molar-refractivity contribution is 0.704. The number of pyridine rings is 3. The number of hydrogen-bond acceptors (Lipinski definition) is 5. The van der Waals surface area contributed by atoms with Crippen LogP contribution in [0.15, 0.2) is 36.7 Å². The largest absolute Gasteiger partial charge is 0.384 e. The molecule has 4 rings (SSSR count). The van der Waals surface area contributed by atoms with E-state index in [-0.39, 0.29) is 0 Å². The average Bonchev–Trinajstić information content (AvgIpc) is 2.62. The van der Waals surface area contributed by atoms with Crippen LogP contribution in [0, 0.1) is 13.8 Å². The van der Waals surface area contributed by atoms with Crippen molar-refractivity contribution >= 4 is 23.2 Å². The van der Waals surface area contributed by atoms with E-state index in [1.807, 2.05) is 31.3 Å². The third-order valence-electron chi connectivity index (χ3n) is 4.70. The quantitative estimate of drug-likeness (QED) is 0.744. The summed E-state index contributed by atoms with van der Waals surface area (Å²) in [6.45, 7) is 5.70. The Kier molecular flexibility index (Phi) is 4.24. The van der Waals surface area contributed by atoms with Gasteiger partial charge in [-0.05, 0) is 42.7 Å². The number of nitrogens with two attached hydrogens (primary N) is 1. The van der Waals surface area contributed by atoms with Gasteiger partial charge in [-0.1, -0.05) is 23.7 Å². The fourth-order valence-electron chi connectivity index (χ4n) is 3.41. The predicted molar refractivity (Wildman–Crippen MR) is 105 cm³/mol. The molecule has 0 bridgehead atoms. The maximum absolute atomic E-state index is 6.44. The molecular formula is C20H20ClN5. The maximum Gasteiger partial charge on any atom is 0.129 e. The van der Waals surface area contributed by atoms with E-state index in [1.165, 1.54) is 5.56 Å². The van der Waals surface area contributed by atoms with Crippen LogP contribution in [0.1, 0.15) is 22.4 Å². The van der Waals surface area contributed by atoms with Gasteiger partial charge in [0.05, 0.1) is 10.7 Å². The molecule has 0 aromatic carbocycles. The molecule has 6 heteroatoms. The molecule has 0 aliphatic carbocycles. The molecule has 5 nitrogen and oxygen atoms in total. The molecule has 26 heavy (non-hydrogen) atoms. The molecule has 3 aromatic rings. The van der Waals surface area contributed by atoms with E-state index in [4.69, 9.17) is 17.3 Å². The van der Waals surface area contributed by atoms with E-state index in [0.717, 1.165) is 53.4 Å². The van der Waals surface area contributed by atoms with Gasteiger partial charge in [0.2, 0.25) is 0 Å². The third-order valence-corrected chi connectivity index (χ3v) is 5.01. The molecule has 0 saturated carbocycles. The summed E-state index contributed by atoms with van der Waals surface area (Å²) in [4.78, 5) is 15.8. The van der Waals surface area contributed by atoms with Crippen LogP contribution in [0.2, 0.25) is 5.02 Å². The second kappa shape index (κ2) is 6.57. The standard InChI is InChI=1S/C20H20ClN5/c1-12-7-13(2)20(24-9-12)15-8-19(23-10-16(15)21)26-6-5-17-14(11-26)3-4-18(22)25-17/h3-4,7-10H,5-6,11H2,1-2H3,(H2,22,25). The lowest BCUT2D eigenvalue weighted by Crippen LogP contribution is -2.31. The van der Waals surface area contributed by atoms with E-state index in [0.29, 0.717) is 10.8 Å². The monoisotopic (exact) mass is 365 g/mol. The number of rotatable bonds is 2. The average molecular weight is 366 g/mol. The highest BCUT2D eigenvalue weighted by atomic mass is 35.5. The van der Waals surface area contributed by atoms with Crippen LogP contribution >= 0.6 is 11.6 Å². The van der Waals surface area contributed by atoms with Crippen molar-refractivity contribution < 1.29 is 0 Å². The van der Waals surface area contributed by atoms with Gasteiger partial charge in [0, 0.05) is 43.2 Å². The number of fused-ring (bicyclic) bond motifs is 1. The summed E-state index contributed by atoms with van der Waals surface area (Å²) in [6.07, 6.45) is 4.43. The Bertz CT molecular complexity index is 986. The summed E-state index contributed by atoms with van der Waals surface area (Å²) >= 11 is 6.44. The van der Waals surface area contributed by atoms with Gasteiger partial charge in [0.25, 0.3) is 0 Å². The first-order valence-electron chi connectivity index (χ1n) is 8.59. The number of nitrogen functional groups attached to an aromatic ring is 1. The minimum absolute atomic E-state index is 0.574. The highest BCUT2D eigenvalue weighted by Gasteiger charge is 2.20. The number of aromatic nitrogens is 3. The molecule has 2 N–H and O–H groups in total. The first-order valence-corrected chi connectivity index (χ1v) is 8.97. The highest BCUT2D eigenvalue weighted by Crippen LogP contribution is 2.32. The maximum atomic E-state index is 6.44. The number of nitrogens with zero attached hydrogens (tertiary/aromatic N) is 4. The molecule has 0 spiro atoms. The Morgan fingerprint density at radius 2 is 1.96 bits per heavy atom. The number of halogens is 1. The lowest BCUT2D eigenvalue weighted by Gasteiger charge is -2.29. The second-order valence-electron chi connectivity index (χ2n) is 6.71. The molecule has 0 unspecified atom stereocenters. The fourth-order valence-corrected chi connectivity index (χ4v) is 3.60. The molecule has 0 fully saturated rings. The molecule has 0 saturated heterocycles. The van der Waals surface area contributed by atoms with Gasteiger partial charge in [-0.15, -0.1) is 0 Å². The van der Waals surface area contributed by atoms with Gasteiger partial charge >= 0.3 is 0 Å². The van der Waals surface area contributed by atoms with E-state index < -0.39 is 0 Å². The van der Waals surface area contributed by atoms with Gasteiger partial charge in [-0.2, -0.15) is 0 Å². The van der Waals surface area contributed by atoms with Crippen LogP contribution in [0.25, 0.3) is 11.3 Å². The fraction of sp³-hybridized carbons (Fsp3) is 0.250. The van der Waals surface area contributed by atoms with Crippen molar-refractivity contribution in [3.63, 3.8) is 0 Å². The Labute approximate surface area is 157 Å². The van der Waals surface area contributed by atoms with Crippen molar-refractivity contribution in [3.8, 4) is 11.3 Å².